The largest absolute Gasteiger partial charge is 0.324 e. The maximum Gasteiger partial charge on any atom is 0.232 e. The Balaban J connectivity index is 2.79. The van der Waals surface area contributed by atoms with Gasteiger partial charge in [-0.1, -0.05) is 0 Å². The Labute approximate surface area is 83.3 Å². The molecule has 0 aliphatic heterocycles. The molecular formula is C8H13N3O2S. The summed E-state index contributed by atoms with van der Waals surface area (Å²) in [6.07, 6.45) is 0. The summed E-state index contributed by atoms with van der Waals surface area (Å²) in [4.78, 5) is 0. The molecule has 0 saturated carbocycles. The summed E-state index contributed by atoms with van der Waals surface area (Å²) in [7, 11) is -3.19. The summed E-state index contributed by atoms with van der Waals surface area (Å²) in [5, 5.41) is 0. The van der Waals surface area contributed by atoms with Crippen LogP contribution in [0.5, 0.6) is 0 Å². The van der Waals surface area contributed by atoms with Gasteiger partial charge in [-0.2, -0.15) is 0 Å². The number of hydrogen-bond acceptors (Lipinski definition) is 4. The normalized spacial score (nSPS) is 11.0. The number of nitrogens with one attached hydrogen (secondary N) is 2. The van der Waals surface area contributed by atoms with Gasteiger partial charge in [-0.15, -0.1) is 0 Å². The summed E-state index contributed by atoms with van der Waals surface area (Å²) < 4.78 is 24.8. The minimum absolute atomic E-state index is 0.0594. The van der Waals surface area contributed by atoms with Crippen molar-refractivity contribution in [3.05, 3.63) is 24.3 Å². The van der Waals surface area contributed by atoms with Gasteiger partial charge in [0.25, 0.3) is 0 Å². The smallest absolute Gasteiger partial charge is 0.232 e. The predicted molar refractivity (Wildman–Crippen MR) is 57.3 cm³/mol. The number of sulfonamides is 1. The molecule has 0 fully saturated rings. The van der Waals surface area contributed by atoms with Crippen LogP contribution in [0.25, 0.3) is 0 Å². The molecule has 1 aromatic carbocycles. The Morgan fingerprint density at radius 1 is 1.21 bits per heavy atom. The summed E-state index contributed by atoms with van der Waals surface area (Å²) in [5.41, 5.74) is 3.71. The van der Waals surface area contributed by atoms with E-state index in [0.29, 0.717) is 5.69 Å². The van der Waals surface area contributed by atoms with Crippen molar-refractivity contribution < 1.29 is 8.42 Å². The van der Waals surface area contributed by atoms with E-state index in [1.54, 1.807) is 31.2 Å². The number of hydrazine groups is 1. The molecule has 0 heterocycles. The van der Waals surface area contributed by atoms with Gasteiger partial charge in [0, 0.05) is 11.4 Å². The monoisotopic (exact) mass is 215 g/mol. The molecule has 0 atom stereocenters. The van der Waals surface area contributed by atoms with Crippen molar-refractivity contribution in [1.82, 2.24) is 0 Å². The van der Waals surface area contributed by atoms with Gasteiger partial charge in [-0.25, -0.2) is 8.42 Å². The van der Waals surface area contributed by atoms with Crippen LogP contribution in [0, 0.1) is 0 Å². The SMILES string of the molecule is CCS(=O)(=O)Nc1ccc(NN)cc1. The van der Waals surface area contributed by atoms with Gasteiger partial charge in [0.2, 0.25) is 10.0 Å². The molecule has 0 amide bonds. The Morgan fingerprint density at radius 3 is 2.14 bits per heavy atom. The second kappa shape index (κ2) is 4.30. The van der Waals surface area contributed by atoms with Crippen LogP contribution in [0.4, 0.5) is 11.4 Å². The quantitative estimate of drug-likeness (QED) is 0.510. The molecule has 0 saturated heterocycles. The lowest BCUT2D eigenvalue weighted by Gasteiger charge is -2.06. The zero-order valence-corrected chi connectivity index (χ0v) is 8.64. The number of anilines is 2. The molecule has 1 aromatic rings. The van der Waals surface area contributed by atoms with Crippen LogP contribution < -0.4 is 16.0 Å². The van der Waals surface area contributed by atoms with Crippen LogP contribution in [0.15, 0.2) is 24.3 Å². The molecule has 78 valence electrons. The van der Waals surface area contributed by atoms with E-state index in [1.807, 2.05) is 0 Å². The molecule has 6 heteroatoms. The van der Waals surface area contributed by atoms with Crippen LogP contribution in [0.3, 0.4) is 0 Å². The average Bonchev–Trinajstić information content (AvgIpc) is 2.19. The first-order chi connectivity index (χ1) is 6.57. The van der Waals surface area contributed by atoms with E-state index in [4.69, 9.17) is 5.84 Å². The Kier molecular flexibility index (Phi) is 3.32. The molecule has 0 spiro atoms. The fourth-order valence-corrected chi connectivity index (χ4v) is 1.53. The summed E-state index contributed by atoms with van der Waals surface area (Å²) in [5.74, 6) is 5.22. The van der Waals surface area contributed by atoms with Crippen molar-refractivity contribution in [2.24, 2.45) is 5.84 Å². The minimum atomic E-state index is -3.19. The molecule has 0 aromatic heterocycles. The molecule has 0 aliphatic carbocycles. The molecule has 0 radical (unpaired) electrons. The van der Waals surface area contributed by atoms with Gasteiger partial charge in [0.1, 0.15) is 0 Å². The van der Waals surface area contributed by atoms with Crippen LogP contribution in [-0.2, 0) is 10.0 Å². The third-order valence-electron chi connectivity index (χ3n) is 1.70. The van der Waals surface area contributed by atoms with Crippen LogP contribution in [0.1, 0.15) is 6.92 Å². The molecule has 14 heavy (non-hydrogen) atoms. The third-order valence-corrected chi connectivity index (χ3v) is 3.01. The fraction of sp³-hybridized carbons (Fsp3) is 0.250. The van der Waals surface area contributed by atoms with E-state index < -0.39 is 10.0 Å². The average molecular weight is 215 g/mol. The highest BCUT2D eigenvalue weighted by molar-refractivity contribution is 7.92. The summed E-state index contributed by atoms with van der Waals surface area (Å²) >= 11 is 0. The first kappa shape index (κ1) is 10.8. The van der Waals surface area contributed by atoms with Crippen molar-refractivity contribution in [1.29, 1.82) is 0 Å². The highest BCUT2D eigenvalue weighted by atomic mass is 32.2. The van der Waals surface area contributed by atoms with Crippen molar-refractivity contribution in [3.63, 3.8) is 0 Å². The van der Waals surface area contributed by atoms with E-state index >= 15 is 0 Å². The molecule has 0 unspecified atom stereocenters. The van der Waals surface area contributed by atoms with E-state index in [0.717, 1.165) is 5.69 Å². The van der Waals surface area contributed by atoms with E-state index in [-0.39, 0.29) is 5.75 Å². The van der Waals surface area contributed by atoms with Crippen molar-refractivity contribution in [2.45, 2.75) is 6.92 Å². The maximum atomic E-state index is 11.2. The fourth-order valence-electron chi connectivity index (χ4n) is 0.886. The number of benzene rings is 1. The van der Waals surface area contributed by atoms with E-state index in [1.165, 1.54) is 0 Å². The van der Waals surface area contributed by atoms with Gasteiger partial charge in [0.15, 0.2) is 0 Å². The topological polar surface area (TPSA) is 84.2 Å². The van der Waals surface area contributed by atoms with Crippen LogP contribution >= 0.6 is 0 Å². The summed E-state index contributed by atoms with van der Waals surface area (Å²) in [6, 6.07) is 6.66. The molecule has 0 bridgehead atoms. The first-order valence-electron chi connectivity index (χ1n) is 4.14. The number of nitrogen functional groups attached to an aromatic ring is 1. The van der Waals surface area contributed by atoms with Crippen molar-refractivity contribution >= 4 is 21.4 Å². The van der Waals surface area contributed by atoms with Gasteiger partial charge in [-0.05, 0) is 31.2 Å². The third kappa shape index (κ3) is 2.90. The zero-order chi connectivity index (χ0) is 10.6. The van der Waals surface area contributed by atoms with Gasteiger partial charge >= 0.3 is 0 Å². The van der Waals surface area contributed by atoms with Gasteiger partial charge in [-0.3, -0.25) is 10.6 Å². The Morgan fingerprint density at radius 2 is 1.71 bits per heavy atom. The Hall–Kier alpha value is -1.27. The Bertz CT molecular complexity index is 386. The standard InChI is InChI=1S/C8H13N3O2S/c1-2-14(12,13)11-8-5-3-7(10-9)4-6-8/h3-6,10-11H,2,9H2,1H3. The molecule has 4 N–H and O–H groups in total. The lowest BCUT2D eigenvalue weighted by atomic mass is 10.3. The second-order valence-electron chi connectivity index (χ2n) is 2.73. The minimum Gasteiger partial charge on any atom is -0.324 e. The molecule has 0 aliphatic rings. The second-order valence-corrected chi connectivity index (χ2v) is 4.74. The van der Waals surface area contributed by atoms with E-state index in [2.05, 4.69) is 10.1 Å². The first-order valence-corrected chi connectivity index (χ1v) is 5.80. The van der Waals surface area contributed by atoms with Crippen molar-refractivity contribution in [2.75, 3.05) is 15.9 Å². The van der Waals surface area contributed by atoms with Gasteiger partial charge < -0.3 is 5.43 Å². The summed E-state index contributed by atoms with van der Waals surface area (Å²) in [6.45, 7) is 1.58. The molecule has 1 rings (SSSR count). The predicted octanol–water partition coefficient (Wildman–Crippen LogP) is 0.734. The van der Waals surface area contributed by atoms with Gasteiger partial charge in [0.05, 0.1) is 5.75 Å². The lowest BCUT2D eigenvalue weighted by Crippen LogP contribution is -2.14. The van der Waals surface area contributed by atoms with Crippen LogP contribution in [0.2, 0.25) is 0 Å². The highest BCUT2D eigenvalue weighted by Crippen LogP contribution is 2.13. The maximum absolute atomic E-state index is 11.2. The zero-order valence-electron chi connectivity index (χ0n) is 7.82. The number of hydrogen-bond donors (Lipinski definition) is 3. The van der Waals surface area contributed by atoms with Crippen molar-refractivity contribution in [3.8, 4) is 0 Å². The number of nitrogens with two attached hydrogens (primary N) is 1. The lowest BCUT2D eigenvalue weighted by molar-refractivity contribution is 0.602. The molecule has 5 nitrogen and oxygen atoms in total. The molecular weight excluding hydrogens is 202 g/mol. The number of rotatable bonds is 4. The van der Waals surface area contributed by atoms with E-state index in [9.17, 15) is 8.42 Å². The highest BCUT2D eigenvalue weighted by Gasteiger charge is 2.05. The van der Waals surface area contributed by atoms with Crippen LogP contribution in [-0.4, -0.2) is 14.2 Å².